The Hall–Kier alpha value is -0.570. The maximum Gasteiger partial charge on any atom is 0.243 e. The van der Waals surface area contributed by atoms with Gasteiger partial charge in [-0.1, -0.05) is 13.8 Å². The zero-order chi connectivity index (χ0) is 16.1. The SMILES string of the molecule is CCOCCCNC(=NCC(=O)N(C)C)NCCC(C)C.I. The smallest absolute Gasteiger partial charge is 0.243 e. The minimum atomic E-state index is -0.00530. The molecule has 0 heterocycles. The fraction of sp³-hybridized carbons (Fsp3) is 0.867. The molecular weight excluding hydrogens is 395 g/mol. The second kappa shape index (κ2) is 15.3. The van der Waals surface area contributed by atoms with Crippen LogP contribution in [0.4, 0.5) is 0 Å². The molecule has 0 radical (unpaired) electrons. The lowest BCUT2D eigenvalue weighted by Crippen LogP contribution is -2.40. The van der Waals surface area contributed by atoms with Gasteiger partial charge in [0.2, 0.25) is 5.91 Å². The highest BCUT2D eigenvalue weighted by molar-refractivity contribution is 14.0. The number of halogens is 1. The van der Waals surface area contributed by atoms with E-state index in [0.717, 1.165) is 39.1 Å². The number of ether oxygens (including phenoxy) is 1. The summed E-state index contributed by atoms with van der Waals surface area (Å²) in [5.41, 5.74) is 0. The lowest BCUT2D eigenvalue weighted by Gasteiger charge is -2.14. The quantitative estimate of drug-likeness (QED) is 0.241. The summed E-state index contributed by atoms with van der Waals surface area (Å²) < 4.78 is 5.30. The van der Waals surface area contributed by atoms with Crippen molar-refractivity contribution in [2.24, 2.45) is 10.9 Å². The molecule has 0 aromatic heterocycles. The van der Waals surface area contributed by atoms with Gasteiger partial charge in [0, 0.05) is 40.4 Å². The fourth-order valence-electron chi connectivity index (χ4n) is 1.47. The zero-order valence-corrected chi connectivity index (χ0v) is 17.0. The molecule has 6 nitrogen and oxygen atoms in total. The summed E-state index contributed by atoms with van der Waals surface area (Å²) in [4.78, 5) is 17.5. The van der Waals surface area contributed by atoms with Crippen LogP contribution < -0.4 is 10.6 Å². The number of hydrogen-bond donors (Lipinski definition) is 2. The van der Waals surface area contributed by atoms with Gasteiger partial charge in [0.25, 0.3) is 0 Å². The van der Waals surface area contributed by atoms with E-state index in [1.165, 1.54) is 0 Å². The Labute approximate surface area is 152 Å². The van der Waals surface area contributed by atoms with E-state index in [0.29, 0.717) is 11.9 Å². The van der Waals surface area contributed by atoms with E-state index in [4.69, 9.17) is 4.74 Å². The van der Waals surface area contributed by atoms with Crippen molar-refractivity contribution in [3.05, 3.63) is 0 Å². The lowest BCUT2D eigenvalue weighted by atomic mass is 10.1. The Kier molecular flexibility index (Phi) is 16.5. The normalized spacial score (nSPS) is 11.1. The Balaban J connectivity index is 0. The first-order valence-corrected chi connectivity index (χ1v) is 7.77. The molecule has 0 atom stereocenters. The lowest BCUT2D eigenvalue weighted by molar-refractivity contribution is -0.127. The molecule has 0 saturated heterocycles. The molecule has 0 aliphatic carbocycles. The first-order chi connectivity index (χ1) is 9.97. The number of carbonyl (C=O) groups is 1. The van der Waals surface area contributed by atoms with Crippen LogP contribution in [-0.4, -0.2) is 63.7 Å². The molecule has 7 heteroatoms. The van der Waals surface area contributed by atoms with Crippen molar-refractivity contribution in [3.8, 4) is 0 Å². The van der Waals surface area contributed by atoms with E-state index >= 15 is 0 Å². The van der Waals surface area contributed by atoms with Crippen LogP contribution in [0.5, 0.6) is 0 Å². The van der Waals surface area contributed by atoms with Crippen LogP contribution in [0.3, 0.4) is 0 Å². The average Bonchev–Trinajstić information content (AvgIpc) is 2.42. The van der Waals surface area contributed by atoms with Gasteiger partial charge in [0.15, 0.2) is 5.96 Å². The minimum absolute atomic E-state index is 0. The molecule has 2 N–H and O–H groups in total. The molecule has 0 bridgehead atoms. The van der Waals surface area contributed by atoms with E-state index in [9.17, 15) is 4.79 Å². The molecule has 0 unspecified atom stereocenters. The Morgan fingerprint density at radius 1 is 1.23 bits per heavy atom. The molecule has 0 spiro atoms. The summed E-state index contributed by atoms with van der Waals surface area (Å²) >= 11 is 0. The topological polar surface area (TPSA) is 66.0 Å². The van der Waals surface area contributed by atoms with E-state index in [-0.39, 0.29) is 36.4 Å². The van der Waals surface area contributed by atoms with Gasteiger partial charge in [-0.05, 0) is 25.7 Å². The summed E-state index contributed by atoms with van der Waals surface area (Å²) in [5.74, 6) is 1.33. The molecule has 0 aliphatic rings. The number of nitrogens with zero attached hydrogens (tertiary/aromatic N) is 2. The monoisotopic (exact) mass is 428 g/mol. The van der Waals surface area contributed by atoms with Crippen LogP contribution in [0, 0.1) is 5.92 Å². The number of nitrogens with one attached hydrogen (secondary N) is 2. The van der Waals surface area contributed by atoms with E-state index in [1.54, 1.807) is 19.0 Å². The van der Waals surface area contributed by atoms with Crippen molar-refractivity contribution in [3.63, 3.8) is 0 Å². The molecule has 0 fully saturated rings. The van der Waals surface area contributed by atoms with Crippen molar-refractivity contribution in [2.45, 2.75) is 33.6 Å². The molecule has 0 aromatic rings. The third-order valence-corrected chi connectivity index (χ3v) is 2.85. The van der Waals surface area contributed by atoms with Crippen molar-refractivity contribution in [2.75, 3.05) is 46.9 Å². The average molecular weight is 428 g/mol. The summed E-state index contributed by atoms with van der Waals surface area (Å²) in [5, 5.41) is 6.50. The van der Waals surface area contributed by atoms with Crippen molar-refractivity contribution in [1.82, 2.24) is 15.5 Å². The number of amides is 1. The molecule has 0 aliphatic heterocycles. The van der Waals surface area contributed by atoms with Gasteiger partial charge in [-0.2, -0.15) is 0 Å². The number of aliphatic imine (C=N–C) groups is 1. The highest BCUT2D eigenvalue weighted by atomic mass is 127. The van der Waals surface area contributed by atoms with Gasteiger partial charge in [-0.25, -0.2) is 4.99 Å². The van der Waals surface area contributed by atoms with Crippen LogP contribution in [0.25, 0.3) is 0 Å². The molecular formula is C15H33IN4O2. The van der Waals surface area contributed by atoms with Gasteiger partial charge in [-0.3, -0.25) is 4.79 Å². The van der Waals surface area contributed by atoms with Gasteiger partial charge >= 0.3 is 0 Å². The molecule has 132 valence electrons. The largest absolute Gasteiger partial charge is 0.382 e. The van der Waals surface area contributed by atoms with E-state index < -0.39 is 0 Å². The maximum absolute atomic E-state index is 11.6. The number of guanidine groups is 1. The van der Waals surface area contributed by atoms with Gasteiger partial charge < -0.3 is 20.3 Å². The number of rotatable bonds is 10. The third kappa shape index (κ3) is 14.4. The predicted molar refractivity (Wildman–Crippen MR) is 103 cm³/mol. The van der Waals surface area contributed by atoms with Crippen molar-refractivity contribution < 1.29 is 9.53 Å². The fourth-order valence-corrected chi connectivity index (χ4v) is 1.47. The molecule has 1 amide bonds. The number of hydrogen-bond acceptors (Lipinski definition) is 3. The van der Waals surface area contributed by atoms with Crippen LogP contribution in [-0.2, 0) is 9.53 Å². The van der Waals surface area contributed by atoms with Crippen molar-refractivity contribution >= 4 is 35.8 Å². The Bertz CT molecular complexity index is 310. The molecule has 0 rings (SSSR count). The molecule has 0 aromatic carbocycles. The second-order valence-corrected chi connectivity index (χ2v) is 5.54. The van der Waals surface area contributed by atoms with Crippen molar-refractivity contribution in [1.29, 1.82) is 0 Å². The first kappa shape index (κ1) is 23.7. The van der Waals surface area contributed by atoms with Gasteiger partial charge in [0.1, 0.15) is 6.54 Å². The molecule has 0 saturated carbocycles. The Morgan fingerprint density at radius 3 is 2.41 bits per heavy atom. The Morgan fingerprint density at radius 2 is 1.86 bits per heavy atom. The van der Waals surface area contributed by atoms with Crippen LogP contribution in [0.1, 0.15) is 33.6 Å². The van der Waals surface area contributed by atoms with Crippen LogP contribution in [0.2, 0.25) is 0 Å². The second-order valence-electron chi connectivity index (χ2n) is 5.54. The molecule has 22 heavy (non-hydrogen) atoms. The number of likely N-dealkylation sites (N-methyl/N-ethyl adjacent to an activating group) is 1. The zero-order valence-electron chi connectivity index (χ0n) is 14.6. The predicted octanol–water partition coefficient (Wildman–Crippen LogP) is 1.70. The standard InChI is InChI=1S/C15H32N4O2.HI/c1-6-21-11-7-9-16-15(17-10-8-13(2)3)18-12-14(20)19(4)5;/h13H,6-12H2,1-5H3,(H2,16,17,18);1H. The summed E-state index contributed by atoms with van der Waals surface area (Å²) in [6, 6.07) is 0. The van der Waals surface area contributed by atoms with E-state index in [2.05, 4.69) is 29.5 Å². The van der Waals surface area contributed by atoms with E-state index in [1.807, 2.05) is 6.92 Å². The summed E-state index contributed by atoms with van der Waals surface area (Å²) in [7, 11) is 3.47. The van der Waals surface area contributed by atoms with Gasteiger partial charge in [0.05, 0.1) is 0 Å². The third-order valence-electron chi connectivity index (χ3n) is 2.85. The van der Waals surface area contributed by atoms with Gasteiger partial charge in [-0.15, -0.1) is 24.0 Å². The minimum Gasteiger partial charge on any atom is -0.382 e. The summed E-state index contributed by atoms with van der Waals surface area (Å²) in [6.07, 6.45) is 1.99. The van der Waals surface area contributed by atoms with Crippen LogP contribution >= 0.6 is 24.0 Å². The van der Waals surface area contributed by atoms with Crippen LogP contribution in [0.15, 0.2) is 4.99 Å². The highest BCUT2D eigenvalue weighted by Gasteiger charge is 2.04. The maximum atomic E-state index is 11.6. The number of carbonyl (C=O) groups excluding carboxylic acids is 1. The summed E-state index contributed by atoms with van der Waals surface area (Å²) in [6.45, 7) is 9.63. The first-order valence-electron chi connectivity index (χ1n) is 7.77. The highest BCUT2D eigenvalue weighted by Crippen LogP contribution is 1.96.